The maximum absolute atomic E-state index is 10.7. The van der Waals surface area contributed by atoms with E-state index in [2.05, 4.69) is 0 Å². The van der Waals surface area contributed by atoms with Crippen LogP contribution in [0.5, 0.6) is 0 Å². The number of Topliss-reactive ketones (excluding diaryl/α,β-unsaturated/α-hetero) is 1. The Balaban J connectivity index is 2.52. The molecule has 1 aliphatic rings. The molecule has 3 nitrogen and oxygen atoms in total. The van der Waals surface area contributed by atoms with Gasteiger partial charge < -0.3 is 9.47 Å². The van der Waals surface area contributed by atoms with Crippen molar-refractivity contribution < 1.29 is 14.3 Å². The van der Waals surface area contributed by atoms with Gasteiger partial charge >= 0.3 is 0 Å². The fraction of sp³-hybridized carbons (Fsp3) is 0.875. The van der Waals surface area contributed by atoms with Gasteiger partial charge in [-0.25, -0.2) is 0 Å². The molecule has 1 fully saturated rings. The van der Waals surface area contributed by atoms with E-state index in [9.17, 15) is 4.79 Å². The Bertz CT molecular complexity index is 137. The molecule has 11 heavy (non-hydrogen) atoms. The molecule has 0 aromatic rings. The van der Waals surface area contributed by atoms with Crippen LogP contribution in [0.3, 0.4) is 0 Å². The molecule has 1 heterocycles. The molecule has 0 radical (unpaired) electrons. The Morgan fingerprint density at radius 2 is 1.73 bits per heavy atom. The molecule has 0 aromatic carbocycles. The Hall–Kier alpha value is -0.410. The summed E-state index contributed by atoms with van der Waals surface area (Å²) in [4.78, 5) is 10.7. The van der Waals surface area contributed by atoms with Gasteiger partial charge in [-0.15, -0.1) is 0 Å². The second-order valence-electron chi connectivity index (χ2n) is 2.73. The van der Waals surface area contributed by atoms with Crippen LogP contribution in [-0.2, 0) is 14.3 Å². The minimum absolute atomic E-state index is 0.0301. The SMILES string of the molecule is CCC1(CC)OCC(=O)CO1. The molecular formula is C8H14O3. The standard InChI is InChI=1S/C8H14O3/c1-3-8(4-2)10-5-7(9)6-11-8/h3-6H2,1-2H3. The van der Waals surface area contributed by atoms with Crippen molar-refractivity contribution in [3.8, 4) is 0 Å². The van der Waals surface area contributed by atoms with Crippen LogP contribution in [0, 0.1) is 0 Å². The first-order valence-electron chi connectivity index (χ1n) is 4.02. The smallest absolute Gasteiger partial charge is 0.184 e. The van der Waals surface area contributed by atoms with Gasteiger partial charge in [0, 0.05) is 0 Å². The highest BCUT2D eigenvalue weighted by Crippen LogP contribution is 2.24. The first-order chi connectivity index (χ1) is 5.22. The third kappa shape index (κ3) is 1.79. The summed E-state index contributed by atoms with van der Waals surface area (Å²) in [5, 5.41) is 0. The lowest BCUT2D eigenvalue weighted by molar-refractivity contribution is -0.257. The van der Waals surface area contributed by atoms with Gasteiger partial charge in [0.2, 0.25) is 0 Å². The van der Waals surface area contributed by atoms with E-state index < -0.39 is 5.79 Å². The zero-order chi connectivity index (χ0) is 8.32. The molecule has 1 rings (SSSR count). The molecule has 3 heteroatoms. The molecule has 0 aliphatic carbocycles. The monoisotopic (exact) mass is 158 g/mol. The number of carbonyl (C=O) groups is 1. The lowest BCUT2D eigenvalue weighted by atomic mass is 10.1. The third-order valence-electron chi connectivity index (χ3n) is 2.07. The van der Waals surface area contributed by atoms with E-state index in [0.717, 1.165) is 12.8 Å². The predicted octanol–water partition coefficient (Wildman–Crippen LogP) is 1.12. The van der Waals surface area contributed by atoms with Gasteiger partial charge in [0.25, 0.3) is 0 Å². The maximum atomic E-state index is 10.7. The second kappa shape index (κ2) is 3.32. The van der Waals surface area contributed by atoms with Gasteiger partial charge in [0.1, 0.15) is 13.2 Å². The van der Waals surface area contributed by atoms with Crippen molar-refractivity contribution in [1.29, 1.82) is 0 Å². The predicted molar refractivity (Wildman–Crippen MR) is 40.2 cm³/mol. The lowest BCUT2D eigenvalue weighted by Crippen LogP contribution is -2.43. The van der Waals surface area contributed by atoms with Gasteiger partial charge in [-0.3, -0.25) is 4.79 Å². The first-order valence-corrected chi connectivity index (χ1v) is 4.02. The first kappa shape index (κ1) is 8.68. The van der Waals surface area contributed by atoms with Crippen molar-refractivity contribution in [2.45, 2.75) is 32.5 Å². The average Bonchev–Trinajstić information content (AvgIpc) is 2.07. The summed E-state index contributed by atoms with van der Waals surface area (Å²) in [5.74, 6) is -0.448. The minimum atomic E-state index is -0.478. The van der Waals surface area contributed by atoms with Crippen LogP contribution in [0.25, 0.3) is 0 Å². The van der Waals surface area contributed by atoms with E-state index in [1.54, 1.807) is 0 Å². The summed E-state index contributed by atoms with van der Waals surface area (Å²) >= 11 is 0. The molecule has 1 aliphatic heterocycles. The van der Waals surface area contributed by atoms with E-state index >= 15 is 0 Å². The van der Waals surface area contributed by atoms with E-state index in [1.807, 2.05) is 13.8 Å². The quantitative estimate of drug-likeness (QED) is 0.604. The summed E-state index contributed by atoms with van der Waals surface area (Å²) in [6.45, 7) is 4.42. The second-order valence-corrected chi connectivity index (χ2v) is 2.73. The van der Waals surface area contributed by atoms with E-state index in [1.165, 1.54) is 0 Å². The third-order valence-corrected chi connectivity index (χ3v) is 2.07. The van der Waals surface area contributed by atoms with Crippen LogP contribution in [0.1, 0.15) is 26.7 Å². The van der Waals surface area contributed by atoms with Crippen LogP contribution in [0.4, 0.5) is 0 Å². The summed E-state index contributed by atoms with van der Waals surface area (Å²) in [6, 6.07) is 0. The van der Waals surface area contributed by atoms with Crippen molar-refractivity contribution in [2.24, 2.45) is 0 Å². The van der Waals surface area contributed by atoms with Crippen molar-refractivity contribution in [1.82, 2.24) is 0 Å². The summed E-state index contributed by atoms with van der Waals surface area (Å²) in [6.07, 6.45) is 1.60. The van der Waals surface area contributed by atoms with Gasteiger partial charge in [-0.2, -0.15) is 0 Å². The summed E-state index contributed by atoms with van der Waals surface area (Å²) in [5.41, 5.74) is 0. The Morgan fingerprint density at radius 3 is 2.09 bits per heavy atom. The number of hydrogen-bond donors (Lipinski definition) is 0. The summed E-state index contributed by atoms with van der Waals surface area (Å²) < 4.78 is 10.6. The van der Waals surface area contributed by atoms with Crippen molar-refractivity contribution in [3.05, 3.63) is 0 Å². The van der Waals surface area contributed by atoms with Crippen molar-refractivity contribution in [3.63, 3.8) is 0 Å². The molecule has 0 bridgehead atoms. The maximum Gasteiger partial charge on any atom is 0.184 e. The lowest BCUT2D eigenvalue weighted by Gasteiger charge is -2.34. The molecule has 0 atom stereocenters. The number of ether oxygens (including phenoxy) is 2. The average molecular weight is 158 g/mol. The van der Waals surface area contributed by atoms with E-state index in [0.29, 0.717) is 0 Å². The molecule has 0 spiro atoms. The van der Waals surface area contributed by atoms with Crippen molar-refractivity contribution >= 4 is 5.78 Å². The van der Waals surface area contributed by atoms with Crippen LogP contribution in [0.2, 0.25) is 0 Å². The van der Waals surface area contributed by atoms with Crippen LogP contribution >= 0.6 is 0 Å². The zero-order valence-corrected chi connectivity index (χ0v) is 7.05. The van der Waals surface area contributed by atoms with E-state index in [-0.39, 0.29) is 19.0 Å². The van der Waals surface area contributed by atoms with Crippen LogP contribution in [-0.4, -0.2) is 24.8 Å². The topological polar surface area (TPSA) is 35.5 Å². The molecule has 0 N–H and O–H groups in total. The number of rotatable bonds is 2. The largest absolute Gasteiger partial charge is 0.342 e. The number of carbonyl (C=O) groups excluding carboxylic acids is 1. The molecule has 0 saturated carbocycles. The molecular weight excluding hydrogens is 144 g/mol. The van der Waals surface area contributed by atoms with Gasteiger partial charge in [0.05, 0.1) is 0 Å². The fourth-order valence-electron chi connectivity index (χ4n) is 1.17. The Morgan fingerprint density at radius 1 is 1.27 bits per heavy atom. The van der Waals surface area contributed by atoms with Crippen molar-refractivity contribution in [2.75, 3.05) is 13.2 Å². The van der Waals surface area contributed by atoms with E-state index in [4.69, 9.17) is 9.47 Å². The minimum Gasteiger partial charge on any atom is -0.342 e. The van der Waals surface area contributed by atoms with Gasteiger partial charge in [-0.1, -0.05) is 13.8 Å². The number of hydrogen-bond acceptors (Lipinski definition) is 3. The molecule has 0 amide bonds. The Labute approximate surface area is 66.7 Å². The summed E-state index contributed by atoms with van der Waals surface area (Å²) in [7, 11) is 0. The molecule has 0 aromatic heterocycles. The zero-order valence-electron chi connectivity index (χ0n) is 7.05. The highest BCUT2D eigenvalue weighted by Gasteiger charge is 2.33. The highest BCUT2D eigenvalue weighted by molar-refractivity contribution is 5.81. The normalized spacial score (nSPS) is 23.6. The molecule has 0 unspecified atom stereocenters. The van der Waals surface area contributed by atoms with Gasteiger partial charge in [0.15, 0.2) is 11.6 Å². The fourth-order valence-corrected chi connectivity index (χ4v) is 1.17. The number of ketones is 1. The highest BCUT2D eigenvalue weighted by atomic mass is 16.7. The molecule has 1 saturated heterocycles. The Kier molecular flexibility index (Phi) is 2.62. The van der Waals surface area contributed by atoms with Gasteiger partial charge in [-0.05, 0) is 12.8 Å². The van der Waals surface area contributed by atoms with Crippen LogP contribution < -0.4 is 0 Å². The van der Waals surface area contributed by atoms with Crippen LogP contribution in [0.15, 0.2) is 0 Å². The molecule has 64 valence electrons.